The first-order valence-electron chi connectivity index (χ1n) is 10.6. The summed E-state index contributed by atoms with van der Waals surface area (Å²) in [5.41, 5.74) is 0.936. The summed E-state index contributed by atoms with van der Waals surface area (Å²) in [7, 11) is 0. The largest absolute Gasteiger partial charge is 0.489 e. The van der Waals surface area contributed by atoms with Crippen molar-refractivity contribution in [2.45, 2.75) is 57.5 Å². The highest BCUT2D eigenvalue weighted by atomic mass is 19.4. The lowest BCUT2D eigenvalue weighted by molar-refractivity contribution is -0.163. The molecule has 2 aromatic rings. The Kier molecular flexibility index (Phi) is 7.90. The molecule has 0 bridgehead atoms. The molecular formula is C23H28F3N3O2. The summed E-state index contributed by atoms with van der Waals surface area (Å²) in [6.45, 7) is 3.69. The first-order valence-corrected chi connectivity index (χ1v) is 10.6. The molecule has 0 radical (unpaired) electrons. The number of fused-ring (bicyclic) bond motifs is 1. The van der Waals surface area contributed by atoms with Crippen LogP contribution >= 0.6 is 0 Å². The van der Waals surface area contributed by atoms with Gasteiger partial charge in [-0.05, 0) is 25.0 Å². The van der Waals surface area contributed by atoms with Gasteiger partial charge in [0.05, 0.1) is 0 Å². The molecule has 5 nitrogen and oxygen atoms in total. The number of amides is 1. The smallest absolute Gasteiger partial charge is 0.412 e. The third kappa shape index (κ3) is 6.69. The van der Waals surface area contributed by atoms with Crippen LogP contribution in [0.2, 0.25) is 0 Å². The van der Waals surface area contributed by atoms with E-state index in [0.717, 1.165) is 36.8 Å². The van der Waals surface area contributed by atoms with Crippen molar-refractivity contribution in [2.75, 3.05) is 13.1 Å². The zero-order chi connectivity index (χ0) is 22.3. The van der Waals surface area contributed by atoms with Crippen molar-refractivity contribution in [1.82, 2.24) is 15.2 Å². The quantitative estimate of drug-likeness (QED) is 0.656. The van der Waals surface area contributed by atoms with Gasteiger partial charge in [0, 0.05) is 49.6 Å². The number of pyridine rings is 1. The maximum absolute atomic E-state index is 13.5. The van der Waals surface area contributed by atoms with Gasteiger partial charge in [-0.15, -0.1) is 0 Å². The number of nitrogens with one attached hydrogen (secondary N) is 1. The first kappa shape index (κ1) is 23.1. The normalized spacial score (nSPS) is 17.9. The Bertz CT molecular complexity index is 845. The lowest BCUT2D eigenvalue weighted by atomic mass is 10.1. The predicted molar refractivity (Wildman–Crippen MR) is 111 cm³/mol. The van der Waals surface area contributed by atoms with Crippen LogP contribution in [0.1, 0.15) is 49.8 Å². The molecule has 2 heterocycles. The Labute approximate surface area is 180 Å². The molecule has 0 aliphatic carbocycles. The van der Waals surface area contributed by atoms with Gasteiger partial charge in [-0.3, -0.25) is 14.7 Å². The van der Waals surface area contributed by atoms with Crippen molar-refractivity contribution in [2.24, 2.45) is 0 Å². The maximum Gasteiger partial charge on any atom is 0.412 e. The molecule has 0 spiro atoms. The predicted octanol–water partition coefficient (Wildman–Crippen LogP) is 4.64. The van der Waals surface area contributed by atoms with Crippen molar-refractivity contribution < 1.29 is 22.7 Å². The van der Waals surface area contributed by atoms with E-state index >= 15 is 0 Å². The summed E-state index contributed by atoms with van der Waals surface area (Å²) in [6, 6.07) is 8.44. The van der Waals surface area contributed by atoms with Gasteiger partial charge in [0.1, 0.15) is 11.9 Å². The van der Waals surface area contributed by atoms with Crippen LogP contribution in [-0.4, -0.2) is 41.2 Å². The van der Waals surface area contributed by atoms with E-state index in [0.29, 0.717) is 19.6 Å². The number of carbonyl (C=O) groups is 1. The Morgan fingerprint density at radius 3 is 2.81 bits per heavy atom. The van der Waals surface area contributed by atoms with Gasteiger partial charge in [-0.1, -0.05) is 37.6 Å². The molecule has 2 atom stereocenters. The van der Waals surface area contributed by atoms with Crippen LogP contribution in [0.25, 0.3) is 0 Å². The van der Waals surface area contributed by atoms with Gasteiger partial charge in [0.25, 0.3) is 0 Å². The van der Waals surface area contributed by atoms with Crippen LogP contribution in [0.3, 0.4) is 0 Å². The number of rotatable bonds is 8. The summed E-state index contributed by atoms with van der Waals surface area (Å²) in [5.74, 6) is 0.194. The summed E-state index contributed by atoms with van der Waals surface area (Å²) in [4.78, 5) is 18.2. The van der Waals surface area contributed by atoms with Gasteiger partial charge in [-0.25, -0.2) is 0 Å². The van der Waals surface area contributed by atoms with Crippen LogP contribution in [0, 0.1) is 0 Å². The van der Waals surface area contributed by atoms with E-state index in [2.05, 4.69) is 22.1 Å². The van der Waals surface area contributed by atoms with Gasteiger partial charge < -0.3 is 10.1 Å². The minimum absolute atomic E-state index is 0.00928. The van der Waals surface area contributed by atoms with Gasteiger partial charge in [0.2, 0.25) is 5.91 Å². The molecule has 8 heteroatoms. The Hall–Kier alpha value is -2.61. The number of para-hydroxylation sites is 1. The second kappa shape index (κ2) is 10.6. The maximum atomic E-state index is 13.5. The molecule has 3 rings (SSSR count). The Morgan fingerprint density at radius 2 is 2.10 bits per heavy atom. The topological polar surface area (TPSA) is 54.5 Å². The molecule has 0 saturated heterocycles. The number of alkyl halides is 3. The van der Waals surface area contributed by atoms with Crippen molar-refractivity contribution in [3.05, 3.63) is 59.9 Å². The monoisotopic (exact) mass is 435 g/mol. The molecule has 1 aliphatic rings. The number of hydrogen-bond donors (Lipinski definition) is 1. The average molecular weight is 435 g/mol. The second-order valence-electron chi connectivity index (χ2n) is 7.80. The zero-order valence-electron chi connectivity index (χ0n) is 17.6. The number of unbranched alkanes of at least 4 members (excludes halogenated alkanes) is 1. The third-order valence-electron chi connectivity index (χ3n) is 5.31. The van der Waals surface area contributed by atoms with Gasteiger partial charge in [0.15, 0.2) is 6.04 Å². The molecule has 31 heavy (non-hydrogen) atoms. The van der Waals surface area contributed by atoms with Crippen molar-refractivity contribution in [3.8, 4) is 5.75 Å². The zero-order valence-corrected chi connectivity index (χ0v) is 17.6. The number of hydrogen-bond acceptors (Lipinski definition) is 4. The van der Waals surface area contributed by atoms with Crippen molar-refractivity contribution >= 4 is 5.91 Å². The summed E-state index contributed by atoms with van der Waals surface area (Å²) in [5, 5.41) is 2.13. The van der Waals surface area contributed by atoms with E-state index in [4.69, 9.17) is 4.74 Å². The minimum Gasteiger partial charge on any atom is -0.489 e. The number of benzene rings is 1. The fourth-order valence-corrected chi connectivity index (χ4v) is 3.71. The van der Waals surface area contributed by atoms with Crippen LogP contribution in [-0.2, 0) is 11.3 Å². The lowest BCUT2D eigenvalue weighted by Gasteiger charge is -2.25. The van der Waals surface area contributed by atoms with Crippen molar-refractivity contribution in [1.29, 1.82) is 0 Å². The molecule has 1 aromatic heterocycles. The van der Waals surface area contributed by atoms with E-state index in [1.54, 1.807) is 0 Å². The molecule has 168 valence electrons. The summed E-state index contributed by atoms with van der Waals surface area (Å²) in [6.07, 6.45) is 0.855. The van der Waals surface area contributed by atoms with E-state index in [-0.39, 0.29) is 18.1 Å². The second-order valence-corrected chi connectivity index (χ2v) is 7.80. The molecule has 1 amide bonds. The molecule has 1 aliphatic heterocycles. The number of halogens is 3. The summed E-state index contributed by atoms with van der Waals surface area (Å²) < 4.78 is 46.6. The average Bonchev–Trinajstić information content (AvgIpc) is 2.93. The number of aromatic nitrogens is 1. The molecular weight excluding hydrogens is 407 g/mol. The number of nitrogens with zero attached hydrogens (tertiary/aromatic N) is 2. The third-order valence-corrected chi connectivity index (χ3v) is 5.31. The van der Waals surface area contributed by atoms with Gasteiger partial charge >= 0.3 is 6.18 Å². The Morgan fingerprint density at radius 1 is 1.29 bits per heavy atom. The Balaban J connectivity index is 1.63. The fraction of sp³-hybridized carbons (Fsp3) is 0.478. The van der Waals surface area contributed by atoms with Gasteiger partial charge in [-0.2, -0.15) is 13.2 Å². The highest BCUT2D eigenvalue weighted by Gasteiger charge is 2.42. The molecule has 1 N–H and O–H groups in total. The number of carbonyl (C=O) groups excluding carboxylic acids is 1. The van der Waals surface area contributed by atoms with Crippen LogP contribution in [0.4, 0.5) is 13.2 Å². The molecule has 2 unspecified atom stereocenters. The van der Waals surface area contributed by atoms with Crippen molar-refractivity contribution in [3.63, 3.8) is 0 Å². The van der Waals surface area contributed by atoms with Crippen LogP contribution in [0.15, 0.2) is 48.8 Å². The van der Waals surface area contributed by atoms with Crippen LogP contribution in [0.5, 0.6) is 5.75 Å². The molecule has 0 saturated carbocycles. The van der Waals surface area contributed by atoms with E-state index < -0.39 is 18.1 Å². The summed E-state index contributed by atoms with van der Waals surface area (Å²) >= 11 is 0. The highest BCUT2D eigenvalue weighted by molar-refractivity contribution is 5.76. The fourth-order valence-electron chi connectivity index (χ4n) is 3.71. The van der Waals surface area contributed by atoms with E-state index in [1.165, 1.54) is 18.3 Å². The minimum atomic E-state index is -4.60. The van der Waals surface area contributed by atoms with E-state index in [9.17, 15) is 18.0 Å². The standard InChI is InChI=1S/C23H28F3N3O2/c1-2-3-9-19-16-29(15-18-7-4-5-10-20(18)31-19)13-11-21(30)28-22(23(24,25)26)17-8-6-12-27-14-17/h4-8,10,12,14,19,22H,2-3,9,11,13,15-16H2,1H3,(H,28,30). The highest BCUT2D eigenvalue weighted by Crippen LogP contribution is 2.32. The van der Waals surface area contributed by atoms with Crippen LogP contribution < -0.4 is 10.1 Å². The SMILES string of the molecule is CCCCC1CN(CCC(=O)NC(c2cccnc2)C(F)(F)F)Cc2ccccc2O1. The molecule has 0 fully saturated rings. The van der Waals surface area contributed by atoms with E-state index in [1.807, 2.05) is 24.3 Å². The lowest BCUT2D eigenvalue weighted by Crippen LogP contribution is -2.40. The number of ether oxygens (including phenoxy) is 1. The first-order chi connectivity index (χ1) is 14.9. The molecule has 1 aromatic carbocycles.